The van der Waals surface area contributed by atoms with Gasteiger partial charge in [0.05, 0.1) is 6.61 Å². The van der Waals surface area contributed by atoms with Gasteiger partial charge in [-0.1, -0.05) is 0 Å². The Kier molecular flexibility index (Phi) is 5.84. The zero-order chi connectivity index (χ0) is 14.6. The Labute approximate surface area is 124 Å². The van der Waals surface area contributed by atoms with E-state index in [0.717, 1.165) is 12.5 Å². The summed E-state index contributed by atoms with van der Waals surface area (Å²) in [6.45, 7) is 6.05. The Morgan fingerprint density at radius 2 is 2.05 bits per heavy atom. The molecular formula is C16H33N3O. The summed E-state index contributed by atoms with van der Waals surface area (Å²) in [6.07, 6.45) is 7.47. The lowest BCUT2D eigenvalue weighted by Gasteiger charge is -2.37. The number of rotatable bonds is 8. The van der Waals surface area contributed by atoms with Gasteiger partial charge >= 0.3 is 0 Å². The van der Waals surface area contributed by atoms with Gasteiger partial charge in [0.2, 0.25) is 0 Å². The van der Waals surface area contributed by atoms with Gasteiger partial charge in [-0.3, -0.25) is 0 Å². The summed E-state index contributed by atoms with van der Waals surface area (Å²) in [4.78, 5) is 4.96. The summed E-state index contributed by atoms with van der Waals surface area (Å²) in [5.74, 6) is 0. The molecule has 0 aromatic carbocycles. The van der Waals surface area contributed by atoms with E-state index in [1.54, 1.807) is 0 Å². The number of hydrogen-bond donors (Lipinski definition) is 2. The van der Waals surface area contributed by atoms with Crippen molar-refractivity contribution < 1.29 is 5.11 Å². The van der Waals surface area contributed by atoms with Crippen LogP contribution in [0, 0.1) is 0 Å². The maximum Gasteiger partial charge on any atom is 0.0610 e. The average Bonchev–Trinajstić information content (AvgIpc) is 3.23. The van der Waals surface area contributed by atoms with Gasteiger partial charge < -0.3 is 20.2 Å². The third-order valence-corrected chi connectivity index (χ3v) is 4.89. The van der Waals surface area contributed by atoms with Gasteiger partial charge in [0.15, 0.2) is 0 Å². The quantitative estimate of drug-likeness (QED) is 0.704. The number of nitrogens with zero attached hydrogens (tertiary/aromatic N) is 2. The number of nitrogens with one attached hydrogen (secondary N) is 1. The predicted octanol–water partition coefficient (Wildman–Crippen LogP) is 1.30. The first-order valence-corrected chi connectivity index (χ1v) is 8.30. The van der Waals surface area contributed by atoms with E-state index >= 15 is 0 Å². The molecule has 1 saturated carbocycles. The van der Waals surface area contributed by atoms with Gasteiger partial charge in [0.1, 0.15) is 0 Å². The minimum atomic E-state index is -0.0715. The molecule has 20 heavy (non-hydrogen) atoms. The normalized spacial score (nSPS) is 27.8. The molecule has 0 radical (unpaired) electrons. The fraction of sp³-hybridized carbons (Fsp3) is 1.00. The molecule has 1 heterocycles. The zero-order valence-corrected chi connectivity index (χ0v) is 13.6. The van der Waals surface area contributed by atoms with Crippen molar-refractivity contribution in [1.82, 2.24) is 15.1 Å². The van der Waals surface area contributed by atoms with Crippen LogP contribution < -0.4 is 5.32 Å². The lowest BCUT2D eigenvalue weighted by molar-refractivity contribution is 0.120. The van der Waals surface area contributed by atoms with Crippen LogP contribution in [0.25, 0.3) is 0 Å². The largest absolute Gasteiger partial charge is 0.394 e. The fourth-order valence-corrected chi connectivity index (χ4v) is 3.27. The van der Waals surface area contributed by atoms with Crippen LogP contribution in [0.4, 0.5) is 0 Å². The number of aliphatic hydroxyl groups excluding tert-OH is 1. The van der Waals surface area contributed by atoms with Crippen molar-refractivity contribution in [1.29, 1.82) is 0 Å². The number of likely N-dealkylation sites (tertiary alicyclic amines) is 1. The highest BCUT2D eigenvalue weighted by Gasteiger charge is 2.31. The summed E-state index contributed by atoms with van der Waals surface area (Å²) in [5, 5.41) is 13.2. The summed E-state index contributed by atoms with van der Waals surface area (Å²) >= 11 is 0. The number of aliphatic hydroxyl groups is 1. The molecule has 2 fully saturated rings. The smallest absolute Gasteiger partial charge is 0.0610 e. The molecule has 2 N–H and O–H groups in total. The average molecular weight is 283 g/mol. The van der Waals surface area contributed by atoms with Gasteiger partial charge in [-0.2, -0.15) is 0 Å². The Morgan fingerprint density at radius 3 is 2.65 bits per heavy atom. The minimum absolute atomic E-state index is 0.0715. The monoisotopic (exact) mass is 283 g/mol. The molecule has 0 aromatic rings. The summed E-state index contributed by atoms with van der Waals surface area (Å²) < 4.78 is 0. The lowest BCUT2D eigenvalue weighted by atomic mass is 9.96. The standard InChI is InChI=1S/C16H33N3O/c1-16(13-20,17-14-7-8-14)9-5-11-19-10-4-6-15(12-19)18(2)3/h14-15,17,20H,4-13H2,1-3H3. The van der Waals surface area contributed by atoms with Gasteiger partial charge in [0.25, 0.3) is 0 Å². The molecule has 1 aliphatic carbocycles. The van der Waals surface area contributed by atoms with Gasteiger partial charge in [-0.05, 0) is 72.6 Å². The second kappa shape index (κ2) is 7.21. The van der Waals surface area contributed by atoms with Crippen molar-refractivity contribution in [3.8, 4) is 0 Å². The maximum absolute atomic E-state index is 9.63. The molecular weight excluding hydrogens is 250 g/mol. The van der Waals surface area contributed by atoms with Crippen molar-refractivity contribution in [2.45, 2.75) is 63.1 Å². The van der Waals surface area contributed by atoms with E-state index in [-0.39, 0.29) is 12.1 Å². The topological polar surface area (TPSA) is 38.7 Å². The van der Waals surface area contributed by atoms with Crippen LogP contribution in [-0.2, 0) is 0 Å². The Morgan fingerprint density at radius 1 is 1.30 bits per heavy atom. The van der Waals surface area contributed by atoms with Crippen LogP contribution in [0.2, 0.25) is 0 Å². The molecule has 2 rings (SSSR count). The van der Waals surface area contributed by atoms with E-state index in [0.29, 0.717) is 6.04 Å². The Bertz CT molecular complexity index is 293. The van der Waals surface area contributed by atoms with Crippen LogP contribution in [0.5, 0.6) is 0 Å². The number of likely N-dealkylation sites (N-methyl/N-ethyl adjacent to an activating group) is 1. The highest BCUT2D eigenvalue weighted by Crippen LogP contribution is 2.25. The van der Waals surface area contributed by atoms with Crippen LogP contribution in [0.15, 0.2) is 0 Å². The van der Waals surface area contributed by atoms with E-state index in [1.807, 2.05) is 0 Å². The molecule has 0 aromatic heterocycles. The molecule has 2 atom stereocenters. The third-order valence-electron chi connectivity index (χ3n) is 4.89. The predicted molar refractivity (Wildman–Crippen MR) is 84.0 cm³/mol. The molecule has 1 saturated heterocycles. The molecule has 1 aliphatic heterocycles. The van der Waals surface area contributed by atoms with E-state index < -0.39 is 0 Å². The third kappa shape index (κ3) is 4.99. The second-order valence-corrected chi connectivity index (χ2v) is 7.30. The van der Waals surface area contributed by atoms with E-state index in [4.69, 9.17) is 0 Å². The maximum atomic E-state index is 9.63. The molecule has 0 spiro atoms. The minimum Gasteiger partial charge on any atom is -0.394 e. The molecule has 2 unspecified atom stereocenters. The summed E-state index contributed by atoms with van der Waals surface area (Å²) in [6, 6.07) is 1.39. The van der Waals surface area contributed by atoms with Crippen molar-refractivity contribution in [3.05, 3.63) is 0 Å². The van der Waals surface area contributed by atoms with Crippen molar-refractivity contribution in [2.24, 2.45) is 0 Å². The number of hydrogen-bond acceptors (Lipinski definition) is 4. The van der Waals surface area contributed by atoms with Crippen LogP contribution >= 0.6 is 0 Å². The van der Waals surface area contributed by atoms with Crippen molar-refractivity contribution >= 4 is 0 Å². The molecule has 4 nitrogen and oxygen atoms in total. The van der Waals surface area contributed by atoms with Gasteiger partial charge in [-0.25, -0.2) is 0 Å². The molecule has 0 bridgehead atoms. The SMILES string of the molecule is CN(C)C1CCCN(CCCC(C)(CO)NC2CC2)C1. The molecule has 2 aliphatic rings. The Hall–Kier alpha value is -0.160. The van der Waals surface area contributed by atoms with E-state index in [1.165, 1.54) is 51.7 Å². The summed E-state index contributed by atoms with van der Waals surface area (Å²) in [5.41, 5.74) is -0.0715. The number of piperidine rings is 1. The van der Waals surface area contributed by atoms with Crippen molar-refractivity contribution in [3.63, 3.8) is 0 Å². The fourth-order valence-electron chi connectivity index (χ4n) is 3.27. The second-order valence-electron chi connectivity index (χ2n) is 7.30. The zero-order valence-electron chi connectivity index (χ0n) is 13.6. The first-order valence-electron chi connectivity index (χ1n) is 8.30. The highest BCUT2D eigenvalue weighted by molar-refractivity contribution is 4.92. The van der Waals surface area contributed by atoms with Crippen LogP contribution in [0.3, 0.4) is 0 Å². The lowest BCUT2D eigenvalue weighted by Crippen LogP contribution is -2.48. The Balaban J connectivity index is 1.68. The molecule has 0 amide bonds. The van der Waals surface area contributed by atoms with Gasteiger partial charge in [-0.15, -0.1) is 0 Å². The van der Waals surface area contributed by atoms with E-state index in [9.17, 15) is 5.11 Å². The highest BCUT2D eigenvalue weighted by atomic mass is 16.3. The van der Waals surface area contributed by atoms with Crippen LogP contribution in [0.1, 0.15) is 45.4 Å². The first kappa shape index (κ1) is 16.2. The summed E-state index contributed by atoms with van der Waals surface area (Å²) in [7, 11) is 4.38. The van der Waals surface area contributed by atoms with Crippen molar-refractivity contribution in [2.75, 3.05) is 40.3 Å². The van der Waals surface area contributed by atoms with Gasteiger partial charge in [0, 0.05) is 24.2 Å². The molecule has 118 valence electrons. The van der Waals surface area contributed by atoms with Crippen LogP contribution in [-0.4, -0.2) is 72.9 Å². The van der Waals surface area contributed by atoms with E-state index in [2.05, 4.69) is 36.1 Å². The molecule has 4 heteroatoms. The first-order chi connectivity index (χ1) is 9.52.